The lowest BCUT2D eigenvalue weighted by Crippen LogP contribution is -2.23. The van der Waals surface area contributed by atoms with Crippen molar-refractivity contribution in [3.8, 4) is 6.07 Å². The van der Waals surface area contributed by atoms with Crippen LogP contribution in [0.4, 0.5) is 0 Å². The SMILES string of the molecule is CC(C/C=C\CC(C)(C)C)C(C)CC(C#N)C(C)(C)C. The van der Waals surface area contributed by atoms with Gasteiger partial charge in [0.1, 0.15) is 0 Å². The standard InChI is InChI=1S/C19H35N/c1-15(11-9-10-12-18(3,4)5)16(2)13-17(14-20)19(6,7)8/h9-10,15-17H,11-13H2,1-8H3/b10-9-. The predicted molar refractivity (Wildman–Crippen MR) is 89.3 cm³/mol. The van der Waals surface area contributed by atoms with Crippen LogP contribution in [-0.4, -0.2) is 0 Å². The van der Waals surface area contributed by atoms with Crippen molar-refractivity contribution in [2.45, 2.75) is 74.7 Å². The molecule has 20 heavy (non-hydrogen) atoms. The summed E-state index contributed by atoms with van der Waals surface area (Å²) in [7, 11) is 0. The van der Waals surface area contributed by atoms with Gasteiger partial charge in [-0.05, 0) is 41.9 Å². The summed E-state index contributed by atoms with van der Waals surface area (Å²) >= 11 is 0. The second-order valence-corrected chi connectivity index (χ2v) is 8.71. The van der Waals surface area contributed by atoms with Crippen molar-refractivity contribution < 1.29 is 0 Å². The van der Waals surface area contributed by atoms with Crippen LogP contribution in [0.2, 0.25) is 0 Å². The van der Waals surface area contributed by atoms with Crippen molar-refractivity contribution in [3.05, 3.63) is 12.2 Å². The summed E-state index contributed by atoms with van der Waals surface area (Å²) in [6.07, 6.45) is 7.91. The Kier molecular flexibility index (Phi) is 7.56. The molecule has 0 fully saturated rings. The maximum absolute atomic E-state index is 9.33. The third kappa shape index (κ3) is 8.41. The Hall–Kier alpha value is -0.770. The van der Waals surface area contributed by atoms with Gasteiger partial charge in [-0.1, -0.05) is 67.5 Å². The fraction of sp³-hybridized carbons (Fsp3) is 0.842. The highest BCUT2D eigenvalue weighted by molar-refractivity contribution is 4.93. The molecule has 3 atom stereocenters. The Morgan fingerprint density at radius 1 is 0.950 bits per heavy atom. The van der Waals surface area contributed by atoms with Crippen LogP contribution in [0.1, 0.15) is 74.7 Å². The van der Waals surface area contributed by atoms with E-state index in [0.29, 0.717) is 17.3 Å². The van der Waals surface area contributed by atoms with E-state index < -0.39 is 0 Å². The quantitative estimate of drug-likeness (QED) is 0.529. The van der Waals surface area contributed by atoms with E-state index in [0.717, 1.165) is 19.3 Å². The van der Waals surface area contributed by atoms with Gasteiger partial charge in [-0.3, -0.25) is 0 Å². The highest BCUT2D eigenvalue weighted by Gasteiger charge is 2.27. The fourth-order valence-electron chi connectivity index (χ4n) is 2.18. The normalized spacial score (nSPS) is 17.8. The average Bonchev–Trinajstić information content (AvgIpc) is 2.28. The van der Waals surface area contributed by atoms with Gasteiger partial charge in [-0.15, -0.1) is 0 Å². The van der Waals surface area contributed by atoms with E-state index in [9.17, 15) is 5.26 Å². The molecule has 0 aromatic heterocycles. The van der Waals surface area contributed by atoms with E-state index in [-0.39, 0.29) is 11.3 Å². The van der Waals surface area contributed by atoms with Gasteiger partial charge in [0.25, 0.3) is 0 Å². The van der Waals surface area contributed by atoms with Gasteiger partial charge < -0.3 is 0 Å². The predicted octanol–water partition coefficient (Wildman–Crippen LogP) is 6.22. The van der Waals surface area contributed by atoms with Crippen LogP contribution in [0.25, 0.3) is 0 Å². The van der Waals surface area contributed by atoms with Crippen LogP contribution < -0.4 is 0 Å². The Morgan fingerprint density at radius 3 is 1.90 bits per heavy atom. The summed E-state index contributed by atoms with van der Waals surface area (Å²) in [5.74, 6) is 1.39. The number of hydrogen-bond acceptors (Lipinski definition) is 1. The molecule has 0 aromatic rings. The molecule has 1 heteroatoms. The van der Waals surface area contributed by atoms with Crippen molar-refractivity contribution in [3.63, 3.8) is 0 Å². The van der Waals surface area contributed by atoms with Crippen LogP contribution in [-0.2, 0) is 0 Å². The minimum atomic E-state index is 0.0881. The summed E-state index contributed by atoms with van der Waals surface area (Å²) in [4.78, 5) is 0. The lowest BCUT2D eigenvalue weighted by molar-refractivity contribution is 0.226. The second kappa shape index (κ2) is 7.87. The molecular weight excluding hydrogens is 242 g/mol. The number of nitriles is 1. The minimum Gasteiger partial charge on any atom is -0.198 e. The van der Waals surface area contributed by atoms with Gasteiger partial charge in [0.15, 0.2) is 0 Å². The van der Waals surface area contributed by atoms with E-state index in [1.807, 2.05) is 0 Å². The maximum atomic E-state index is 9.33. The van der Waals surface area contributed by atoms with Gasteiger partial charge in [0.05, 0.1) is 12.0 Å². The molecule has 0 heterocycles. The molecule has 0 aliphatic heterocycles. The van der Waals surface area contributed by atoms with Crippen LogP contribution in [0.5, 0.6) is 0 Å². The summed E-state index contributed by atoms with van der Waals surface area (Å²) in [6, 6.07) is 2.50. The highest BCUT2D eigenvalue weighted by Crippen LogP contribution is 2.33. The van der Waals surface area contributed by atoms with E-state index in [1.165, 1.54) is 0 Å². The summed E-state index contributed by atoms with van der Waals surface area (Å²) in [5.41, 5.74) is 0.467. The molecule has 0 saturated heterocycles. The van der Waals surface area contributed by atoms with Crippen LogP contribution in [0, 0.1) is 39.9 Å². The molecular formula is C19H35N. The Balaban J connectivity index is 4.29. The van der Waals surface area contributed by atoms with Crippen molar-refractivity contribution in [2.24, 2.45) is 28.6 Å². The lowest BCUT2D eigenvalue weighted by atomic mass is 9.74. The number of hydrogen-bond donors (Lipinski definition) is 0. The molecule has 0 aromatic carbocycles. The summed E-state index contributed by atoms with van der Waals surface area (Å²) < 4.78 is 0. The molecule has 0 N–H and O–H groups in total. The average molecular weight is 277 g/mol. The lowest BCUT2D eigenvalue weighted by Gasteiger charge is -2.29. The van der Waals surface area contributed by atoms with Gasteiger partial charge in [-0.25, -0.2) is 0 Å². The third-order valence-electron chi connectivity index (χ3n) is 4.18. The molecule has 3 unspecified atom stereocenters. The first kappa shape index (κ1) is 19.2. The Bertz CT molecular complexity index is 332. The Labute approximate surface area is 127 Å². The third-order valence-corrected chi connectivity index (χ3v) is 4.18. The van der Waals surface area contributed by atoms with Gasteiger partial charge >= 0.3 is 0 Å². The number of rotatable bonds is 6. The number of allylic oxidation sites excluding steroid dienone is 2. The molecule has 0 saturated carbocycles. The summed E-state index contributed by atoms with van der Waals surface area (Å²) in [6.45, 7) is 17.9. The minimum absolute atomic E-state index is 0.0881. The smallest absolute Gasteiger partial charge is 0.0661 e. The maximum Gasteiger partial charge on any atom is 0.0661 e. The molecule has 0 bridgehead atoms. The van der Waals surface area contributed by atoms with Crippen molar-refractivity contribution in [1.29, 1.82) is 5.26 Å². The molecule has 0 aliphatic rings. The molecule has 1 nitrogen and oxygen atoms in total. The number of nitrogens with zero attached hydrogens (tertiary/aromatic N) is 1. The van der Waals surface area contributed by atoms with Gasteiger partial charge in [-0.2, -0.15) is 5.26 Å². The summed E-state index contributed by atoms with van der Waals surface area (Å²) in [5, 5.41) is 9.33. The highest BCUT2D eigenvalue weighted by atomic mass is 14.4. The zero-order valence-corrected chi connectivity index (χ0v) is 15.0. The van der Waals surface area contributed by atoms with E-state index in [4.69, 9.17) is 0 Å². The van der Waals surface area contributed by atoms with Crippen LogP contribution >= 0.6 is 0 Å². The molecule has 0 amide bonds. The molecule has 0 aliphatic carbocycles. The molecule has 0 radical (unpaired) electrons. The van der Waals surface area contributed by atoms with Crippen molar-refractivity contribution >= 4 is 0 Å². The van der Waals surface area contributed by atoms with Crippen molar-refractivity contribution in [2.75, 3.05) is 0 Å². The molecule has 116 valence electrons. The largest absolute Gasteiger partial charge is 0.198 e. The first-order valence-electron chi connectivity index (χ1n) is 8.02. The van der Waals surface area contributed by atoms with Gasteiger partial charge in [0, 0.05) is 0 Å². The zero-order valence-electron chi connectivity index (χ0n) is 15.0. The van der Waals surface area contributed by atoms with E-state index in [1.54, 1.807) is 0 Å². The van der Waals surface area contributed by atoms with Gasteiger partial charge in [0.2, 0.25) is 0 Å². The molecule has 0 rings (SSSR count). The second-order valence-electron chi connectivity index (χ2n) is 8.71. The van der Waals surface area contributed by atoms with Crippen LogP contribution in [0.15, 0.2) is 12.2 Å². The first-order chi connectivity index (χ1) is 8.97. The van der Waals surface area contributed by atoms with E-state index in [2.05, 4.69) is 73.6 Å². The Morgan fingerprint density at radius 2 is 1.50 bits per heavy atom. The first-order valence-corrected chi connectivity index (χ1v) is 8.02. The monoisotopic (exact) mass is 277 g/mol. The fourth-order valence-corrected chi connectivity index (χ4v) is 2.18. The topological polar surface area (TPSA) is 23.8 Å². The van der Waals surface area contributed by atoms with Crippen LogP contribution in [0.3, 0.4) is 0 Å². The molecule has 0 spiro atoms. The van der Waals surface area contributed by atoms with Crippen molar-refractivity contribution in [1.82, 2.24) is 0 Å². The van der Waals surface area contributed by atoms with E-state index >= 15 is 0 Å². The zero-order chi connectivity index (χ0) is 16.0.